The number of nitrogens with two attached hydrogens (primary N) is 10. The molecule has 12 heterocycles. The van der Waals surface area contributed by atoms with Gasteiger partial charge in [-0.15, -0.1) is 0 Å². The van der Waals surface area contributed by atoms with Crippen molar-refractivity contribution in [2.24, 2.45) is 0 Å². The minimum atomic E-state index is -0.737. The summed E-state index contributed by atoms with van der Waals surface area (Å²) >= 11 is 0. The third-order valence-corrected chi connectivity index (χ3v) is 8.95. The number of H-pyrrole nitrogens is 6. The molecular formula is C32H26N34O6. The minimum Gasteiger partial charge on any atom is -0.382 e. The molecule has 72 heavy (non-hydrogen) atoms. The van der Waals surface area contributed by atoms with Gasteiger partial charge in [-0.3, -0.25) is 53.9 Å². The molecule has 12 rings (SSSR count). The second kappa shape index (κ2) is 16.9. The van der Waals surface area contributed by atoms with Crippen molar-refractivity contribution in [2.45, 2.75) is 0 Å². The van der Waals surface area contributed by atoms with Crippen molar-refractivity contribution in [2.75, 3.05) is 57.3 Å². The molecule has 12 aromatic rings. The topological polar surface area (TPSA) is 689 Å². The van der Waals surface area contributed by atoms with Crippen molar-refractivity contribution in [1.82, 2.24) is 120 Å². The standard InChI is InChI=1S/C8H8N10.C8H7N9O.C8H6N8O2.C8H5N7O3/c9-3-1-5(17-7(11)14-3)16-6-2(13-1)4(10)15-8(12)18-6;9-3-1-4(15-7(10)13-3)14-5-2(12-1)6(18)17-8(11)16-5;9-7-13-3-1(5(17)15-7)11-2-4(12-3)14-8(10)16-6(2)18;9-7-12-3-1(5(16)14-7)10-2-4(11-3)13-8(18)15-6(2)17/h(H8,9,10,11,12,14,15,16,17,18);(H7,9,10,11,13,14,15,16,17,18);(H6,9,10,12,13,14,15,16,17,18);(H5,9,11,12,13,14,15,16,17,18). The summed E-state index contributed by atoms with van der Waals surface area (Å²) in [6.07, 6.45) is 0. The molecule has 0 atom stereocenters. The van der Waals surface area contributed by atoms with Crippen LogP contribution in [0.2, 0.25) is 0 Å². The first-order chi connectivity index (χ1) is 34.2. The van der Waals surface area contributed by atoms with Crippen molar-refractivity contribution in [1.29, 1.82) is 0 Å². The second-order valence-corrected chi connectivity index (χ2v) is 13.9. The van der Waals surface area contributed by atoms with Gasteiger partial charge in [-0.25, -0.2) is 44.7 Å². The summed E-state index contributed by atoms with van der Waals surface area (Å²) in [7, 11) is 0. The van der Waals surface area contributed by atoms with Crippen molar-refractivity contribution in [3.63, 3.8) is 0 Å². The Bertz CT molecular complexity index is 4510. The molecule has 0 spiro atoms. The summed E-state index contributed by atoms with van der Waals surface area (Å²) in [5.74, 6) is -0.143. The number of rotatable bonds is 0. The molecule has 0 saturated carbocycles. The summed E-state index contributed by atoms with van der Waals surface area (Å²) < 4.78 is 0. The Morgan fingerprint density at radius 3 is 0.847 bits per heavy atom. The van der Waals surface area contributed by atoms with Crippen LogP contribution in [0, 0.1) is 0 Å². The first-order valence-corrected chi connectivity index (χ1v) is 19.2. The van der Waals surface area contributed by atoms with E-state index in [1.54, 1.807) is 0 Å². The Balaban J connectivity index is 0.000000119. The number of hydrogen-bond acceptors (Lipinski definition) is 34. The average molecular weight is 983 g/mol. The van der Waals surface area contributed by atoms with E-state index in [0.717, 1.165) is 0 Å². The van der Waals surface area contributed by atoms with Gasteiger partial charge in [0.25, 0.3) is 27.8 Å². The van der Waals surface area contributed by atoms with Gasteiger partial charge in [-0.05, 0) is 0 Å². The lowest BCUT2D eigenvalue weighted by atomic mass is 10.4. The fraction of sp³-hybridized carbons (Fsp3) is 0. The second-order valence-electron chi connectivity index (χ2n) is 13.9. The number of anilines is 10. The van der Waals surface area contributed by atoms with Crippen LogP contribution in [0.15, 0.2) is 28.8 Å². The van der Waals surface area contributed by atoms with Crippen LogP contribution in [0.1, 0.15) is 0 Å². The van der Waals surface area contributed by atoms with Crippen molar-refractivity contribution in [3.8, 4) is 0 Å². The van der Waals surface area contributed by atoms with Gasteiger partial charge in [0.05, 0.1) is 0 Å². The Morgan fingerprint density at radius 2 is 0.500 bits per heavy atom. The fourth-order valence-corrected chi connectivity index (χ4v) is 6.10. The van der Waals surface area contributed by atoms with Crippen LogP contribution >= 0.6 is 0 Å². The SMILES string of the molecule is Nc1nc(N)c2nc3c(=O)[nH]c(N)nc3nc2n1.Nc1nc(N)c2nc3c(N)nc(N)nc3nc2n1.Nc1nc2nc3[nH]c(=O)[nH]c(=O)c3nc2c(=O)[nH]1.Nc1nc2nc3nc(N)[nH]c(=O)c3nc2c(=O)[nH]1. The molecule has 360 valence electrons. The molecule has 40 heteroatoms. The van der Waals surface area contributed by atoms with Crippen LogP contribution in [0.4, 0.5) is 59.1 Å². The molecule has 0 bridgehead atoms. The molecule has 0 aliphatic carbocycles. The predicted octanol–water partition coefficient (Wildman–Crippen LogP) is -6.97. The molecule has 0 aliphatic heterocycles. The number of nitrogens with one attached hydrogen (secondary N) is 6. The van der Waals surface area contributed by atoms with Gasteiger partial charge in [-0.2, -0.15) is 49.8 Å². The molecular weight excluding hydrogens is 957 g/mol. The van der Waals surface area contributed by atoms with E-state index in [9.17, 15) is 28.8 Å². The third kappa shape index (κ3) is 8.55. The van der Waals surface area contributed by atoms with Gasteiger partial charge in [0.15, 0.2) is 107 Å². The van der Waals surface area contributed by atoms with Crippen LogP contribution in [0.25, 0.3) is 89.3 Å². The van der Waals surface area contributed by atoms with E-state index in [2.05, 4.69) is 115 Å². The summed E-state index contributed by atoms with van der Waals surface area (Å²) in [6.45, 7) is 0. The number of aromatic amines is 6. The van der Waals surface area contributed by atoms with Crippen LogP contribution < -0.4 is 90.8 Å². The maximum atomic E-state index is 11.6. The first-order valence-electron chi connectivity index (χ1n) is 19.2. The highest BCUT2D eigenvalue weighted by molar-refractivity contribution is 5.93. The van der Waals surface area contributed by atoms with E-state index in [1.165, 1.54) is 0 Å². The van der Waals surface area contributed by atoms with Gasteiger partial charge in [-0.1, -0.05) is 0 Å². The quantitative estimate of drug-likeness (QED) is 0.0628. The van der Waals surface area contributed by atoms with Gasteiger partial charge in [0, 0.05) is 0 Å². The number of nitrogen functional groups attached to an aromatic ring is 10. The van der Waals surface area contributed by atoms with Crippen molar-refractivity contribution < 1.29 is 0 Å². The third-order valence-electron chi connectivity index (χ3n) is 8.95. The lowest BCUT2D eigenvalue weighted by Crippen LogP contribution is -2.24. The van der Waals surface area contributed by atoms with Crippen LogP contribution in [-0.2, 0) is 0 Å². The van der Waals surface area contributed by atoms with E-state index in [1.807, 2.05) is 4.98 Å². The Labute approximate surface area is 387 Å². The lowest BCUT2D eigenvalue weighted by Gasteiger charge is -2.04. The van der Waals surface area contributed by atoms with E-state index in [4.69, 9.17) is 57.3 Å². The first kappa shape index (κ1) is 45.0. The van der Waals surface area contributed by atoms with Gasteiger partial charge in [0.2, 0.25) is 41.6 Å². The largest absolute Gasteiger partial charge is 0.382 e. The Hall–Kier alpha value is -12.2. The van der Waals surface area contributed by atoms with Crippen LogP contribution in [-0.4, -0.2) is 120 Å². The van der Waals surface area contributed by atoms with Gasteiger partial charge < -0.3 is 57.3 Å². The van der Waals surface area contributed by atoms with Gasteiger partial charge >= 0.3 is 5.69 Å². The molecule has 0 aromatic carbocycles. The smallest absolute Gasteiger partial charge is 0.327 e. The molecule has 0 amide bonds. The van der Waals surface area contributed by atoms with E-state index >= 15 is 0 Å². The fourth-order valence-electron chi connectivity index (χ4n) is 6.10. The maximum absolute atomic E-state index is 11.6. The highest BCUT2D eigenvalue weighted by Crippen LogP contribution is 2.21. The molecule has 0 unspecified atom stereocenters. The summed E-state index contributed by atoms with van der Waals surface area (Å²) in [4.78, 5) is 152. The average Bonchev–Trinajstić information content (AvgIpc) is 3.27. The molecule has 0 saturated heterocycles. The maximum Gasteiger partial charge on any atom is 0.327 e. The predicted molar refractivity (Wildman–Crippen MR) is 254 cm³/mol. The Morgan fingerprint density at radius 1 is 0.236 bits per heavy atom. The molecule has 0 fully saturated rings. The van der Waals surface area contributed by atoms with Crippen LogP contribution in [0.3, 0.4) is 0 Å². The van der Waals surface area contributed by atoms with Gasteiger partial charge in [0.1, 0.15) is 0 Å². The number of nitrogens with zero attached hydrogens (tertiary/aromatic N) is 18. The summed E-state index contributed by atoms with van der Waals surface area (Å²) in [6, 6.07) is 0. The molecule has 0 radical (unpaired) electrons. The number of aromatic nitrogens is 24. The van der Waals surface area contributed by atoms with E-state index in [-0.39, 0.29) is 148 Å². The normalized spacial score (nSPS) is 11.1. The highest BCUT2D eigenvalue weighted by Gasteiger charge is 2.16. The zero-order valence-corrected chi connectivity index (χ0v) is 35.3. The molecule has 26 N–H and O–H groups in total. The highest BCUT2D eigenvalue weighted by atomic mass is 16.2. The molecule has 12 aromatic heterocycles. The summed E-state index contributed by atoms with van der Waals surface area (Å²) in [5.41, 5.74) is 52.1. The Kier molecular flexibility index (Phi) is 10.6. The number of hydrogen-bond donors (Lipinski definition) is 16. The lowest BCUT2D eigenvalue weighted by molar-refractivity contribution is 1.04. The zero-order valence-electron chi connectivity index (χ0n) is 35.3. The number of fused-ring (bicyclic) bond motifs is 8. The zero-order chi connectivity index (χ0) is 51.4. The minimum absolute atomic E-state index is 0.00116. The molecule has 0 aliphatic rings. The van der Waals surface area contributed by atoms with Crippen LogP contribution in [0.5, 0.6) is 0 Å². The van der Waals surface area contributed by atoms with Crippen molar-refractivity contribution >= 4 is 148 Å². The summed E-state index contributed by atoms with van der Waals surface area (Å²) in [5, 5.41) is 0. The molecule has 40 nitrogen and oxygen atoms in total. The van der Waals surface area contributed by atoms with E-state index in [0.29, 0.717) is 0 Å². The van der Waals surface area contributed by atoms with Crippen molar-refractivity contribution in [3.05, 3.63) is 62.3 Å². The van der Waals surface area contributed by atoms with E-state index < -0.39 is 33.5 Å². The monoisotopic (exact) mass is 982 g/mol.